The second-order valence-corrected chi connectivity index (χ2v) is 5.58. The number of carbonyl (C=O) groups excluding carboxylic acids is 1. The lowest BCUT2D eigenvalue weighted by atomic mass is 9.87. The molecule has 2 unspecified atom stereocenters. The lowest BCUT2D eigenvalue weighted by Gasteiger charge is -2.31. The molecule has 5 heteroatoms. The maximum atomic E-state index is 11.5. The minimum atomic E-state index is -0.467. The van der Waals surface area contributed by atoms with Gasteiger partial charge in [0.15, 0.2) is 0 Å². The molecule has 1 heterocycles. The number of ether oxygens (including phenoxy) is 1. The summed E-state index contributed by atoms with van der Waals surface area (Å²) in [6.07, 6.45) is 0.566. The third-order valence-electron chi connectivity index (χ3n) is 2.91. The molecule has 0 radical (unpaired) electrons. The molecule has 0 spiro atoms. The Morgan fingerprint density at radius 3 is 2.76 bits per heavy atom. The SMILES string of the molecule is CC(C)(C)OC(=O)NCC1CNCCC1CO. The number of amides is 1. The first-order valence-corrected chi connectivity index (χ1v) is 6.21. The number of hydrogen-bond acceptors (Lipinski definition) is 4. The number of rotatable bonds is 3. The van der Waals surface area contributed by atoms with Gasteiger partial charge in [-0.05, 0) is 52.1 Å². The van der Waals surface area contributed by atoms with E-state index in [0.29, 0.717) is 6.54 Å². The molecule has 1 amide bonds. The van der Waals surface area contributed by atoms with Crippen molar-refractivity contribution < 1.29 is 14.6 Å². The zero-order chi connectivity index (χ0) is 12.9. The number of hydrogen-bond donors (Lipinski definition) is 3. The van der Waals surface area contributed by atoms with Crippen molar-refractivity contribution in [2.75, 3.05) is 26.2 Å². The average Bonchev–Trinajstić information content (AvgIpc) is 2.24. The summed E-state index contributed by atoms with van der Waals surface area (Å²) < 4.78 is 5.16. The Kier molecular flexibility index (Phi) is 5.21. The van der Waals surface area contributed by atoms with Crippen LogP contribution in [0, 0.1) is 11.8 Å². The van der Waals surface area contributed by atoms with E-state index >= 15 is 0 Å². The first-order valence-electron chi connectivity index (χ1n) is 6.21. The maximum Gasteiger partial charge on any atom is 0.407 e. The molecule has 0 saturated carbocycles. The smallest absolute Gasteiger partial charge is 0.407 e. The van der Waals surface area contributed by atoms with Gasteiger partial charge in [0.05, 0.1) is 0 Å². The number of aliphatic hydroxyl groups is 1. The molecule has 0 aromatic heterocycles. The van der Waals surface area contributed by atoms with E-state index < -0.39 is 5.60 Å². The van der Waals surface area contributed by atoms with Crippen molar-refractivity contribution in [3.63, 3.8) is 0 Å². The summed E-state index contributed by atoms with van der Waals surface area (Å²) in [7, 11) is 0. The first-order chi connectivity index (χ1) is 7.92. The van der Waals surface area contributed by atoms with E-state index in [1.54, 1.807) is 0 Å². The van der Waals surface area contributed by atoms with Crippen LogP contribution in [0.2, 0.25) is 0 Å². The molecule has 2 atom stereocenters. The number of piperidine rings is 1. The number of alkyl carbamates (subject to hydrolysis) is 1. The van der Waals surface area contributed by atoms with E-state index in [-0.39, 0.29) is 24.5 Å². The van der Waals surface area contributed by atoms with E-state index in [4.69, 9.17) is 4.74 Å². The lowest BCUT2D eigenvalue weighted by molar-refractivity contribution is 0.0498. The summed E-state index contributed by atoms with van der Waals surface area (Å²) in [4.78, 5) is 11.5. The topological polar surface area (TPSA) is 70.6 Å². The summed E-state index contributed by atoms with van der Waals surface area (Å²) in [5.41, 5.74) is -0.467. The van der Waals surface area contributed by atoms with Crippen LogP contribution in [0.4, 0.5) is 4.79 Å². The van der Waals surface area contributed by atoms with Crippen molar-refractivity contribution in [2.45, 2.75) is 32.8 Å². The molecule has 5 nitrogen and oxygen atoms in total. The Morgan fingerprint density at radius 1 is 1.47 bits per heavy atom. The molecule has 1 rings (SSSR count). The highest BCUT2D eigenvalue weighted by Crippen LogP contribution is 2.17. The summed E-state index contributed by atoms with van der Waals surface area (Å²) in [5.74, 6) is 0.549. The lowest BCUT2D eigenvalue weighted by Crippen LogP contribution is -2.45. The quantitative estimate of drug-likeness (QED) is 0.684. The van der Waals surface area contributed by atoms with Gasteiger partial charge in [-0.1, -0.05) is 0 Å². The Balaban J connectivity index is 2.31. The first kappa shape index (κ1) is 14.3. The van der Waals surface area contributed by atoms with E-state index in [2.05, 4.69) is 10.6 Å². The highest BCUT2D eigenvalue weighted by atomic mass is 16.6. The molecule has 17 heavy (non-hydrogen) atoms. The standard InChI is InChI=1S/C12H24N2O3/c1-12(2,3)17-11(16)14-7-10-6-13-5-4-9(10)8-15/h9-10,13,15H,4-8H2,1-3H3,(H,14,16). The highest BCUT2D eigenvalue weighted by molar-refractivity contribution is 5.67. The molecular formula is C12H24N2O3. The van der Waals surface area contributed by atoms with Crippen LogP contribution in [0.3, 0.4) is 0 Å². The molecule has 0 aromatic carbocycles. The zero-order valence-corrected chi connectivity index (χ0v) is 11.0. The molecular weight excluding hydrogens is 220 g/mol. The van der Waals surface area contributed by atoms with Gasteiger partial charge in [-0.25, -0.2) is 4.79 Å². The van der Waals surface area contributed by atoms with Crippen LogP contribution in [0.5, 0.6) is 0 Å². The molecule has 1 aliphatic heterocycles. The Morgan fingerprint density at radius 2 is 2.18 bits per heavy atom. The molecule has 0 bridgehead atoms. The second kappa shape index (κ2) is 6.21. The zero-order valence-electron chi connectivity index (χ0n) is 11.0. The van der Waals surface area contributed by atoms with Gasteiger partial charge in [-0.3, -0.25) is 0 Å². The summed E-state index contributed by atoms with van der Waals surface area (Å²) in [6.45, 7) is 8.02. The van der Waals surface area contributed by atoms with Crippen LogP contribution < -0.4 is 10.6 Å². The van der Waals surface area contributed by atoms with Crippen LogP contribution in [-0.2, 0) is 4.74 Å². The predicted octanol–water partition coefficient (Wildman–Crippen LogP) is 0.729. The minimum Gasteiger partial charge on any atom is -0.444 e. The van der Waals surface area contributed by atoms with Gasteiger partial charge in [0.2, 0.25) is 0 Å². The summed E-state index contributed by atoms with van der Waals surface area (Å²) >= 11 is 0. The Bertz CT molecular complexity index is 251. The van der Waals surface area contributed by atoms with Gasteiger partial charge in [0, 0.05) is 13.2 Å². The Labute approximate surface area is 103 Å². The Hall–Kier alpha value is -0.810. The fourth-order valence-corrected chi connectivity index (χ4v) is 1.99. The van der Waals surface area contributed by atoms with Crippen LogP contribution in [-0.4, -0.2) is 43.0 Å². The van der Waals surface area contributed by atoms with Gasteiger partial charge in [-0.2, -0.15) is 0 Å². The highest BCUT2D eigenvalue weighted by Gasteiger charge is 2.25. The van der Waals surface area contributed by atoms with Gasteiger partial charge >= 0.3 is 6.09 Å². The van der Waals surface area contributed by atoms with Crippen LogP contribution in [0.15, 0.2) is 0 Å². The molecule has 1 saturated heterocycles. The molecule has 1 aliphatic rings. The molecule has 100 valence electrons. The van der Waals surface area contributed by atoms with E-state index in [1.165, 1.54) is 0 Å². The number of carbonyl (C=O) groups is 1. The van der Waals surface area contributed by atoms with Gasteiger partial charge < -0.3 is 20.5 Å². The van der Waals surface area contributed by atoms with Crippen molar-refractivity contribution in [1.82, 2.24) is 10.6 Å². The van der Waals surface area contributed by atoms with E-state index in [1.807, 2.05) is 20.8 Å². The third-order valence-corrected chi connectivity index (χ3v) is 2.91. The average molecular weight is 244 g/mol. The van der Waals surface area contributed by atoms with Crippen molar-refractivity contribution in [3.8, 4) is 0 Å². The molecule has 0 aromatic rings. The van der Waals surface area contributed by atoms with Crippen molar-refractivity contribution in [2.24, 2.45) is 11.8 Å². The number of nitrogens with one attached hydrogen (secondary N) is 2. The van der Waals surface area contributed by atoms with Gasteiger partial charge in [-0.15, -0.1) is 0 Å². The van der Waals surface area contributed by atoms with Crippen molar-refractivity contribution >= 4 is 6.09 Å². The maximum absolute atomic E-state index is 11.5. The normalized spacial score (nSPS) is 25.4. The fourth-order valence-electron chi connectivity index (χ4n) is 1.99. The summed E-state index contributed by atoms with van der Waals surface area (Å²) in [6, 6.07) is 0. The largest absolute Gasteiger partial charge is 0.444 e. The predicted molar refractivity (Wildman–Crippen MR) is 65.8 cm³/mol. The minimum absolute atomic E-state index is 0.183. The molecule has 0 aliphatic carbocycles. The third kappa shape index (κ3) is 5.37. The van der Waals surface area contributed by atoms with Crippen LogP contribution >= 0.6 is 0 Å². The van der Waals surface area contributed by atoms with E-state index in [0.717, 1.165) is 19.5 Å². The molecule has 3 N–H and O–H groups in total. The summed E-state index contributed by atoms with van der Waals surface area (Å²) in [5, 5.41) is 15.3. The monoisotopic (exact) mass is 244 g/mol. The van der Waals surface area contributed by atoms with E-state index in [9.17, 15) is 9.90 Å². The van der Waals surface area contributed by atoms with Gasteiger partial charge in [0.1, 0.15) is 5.60 Å². The fraction of sp³-hybridized carbons (Fsp3) is 0.917. The van der Waals surface area contributed by atoms with Crippen molar-refractivity contribution in [1.29, 1.82) is 0 Å². The second-order valence-electron chi connectivity index (χ2n) is 5.58. The van der Waals surface area contributed by atoms with Crippen LogP contribution in [0.1, 0.15) is 27.2 Å². The van der Waals surface area contributed by atoms with Crippen molar-refractivity contribution in [3.05, 3.63) is 0 Å². The number of aliphatic hydroxyl groups excluding tert-OH is 1. The van der Waals surface area contributed by atoms with Gasteiger partial charge in [0.25, 0.3) is 0 Å². The van der Waals surface area contributed by atoms with Crippen LogP contribution in [0.25, 0.3) is 0 Å². The molecule has 1 fully saturated rings.